The van der Waals surface area contributed by atoms with Gasteiger partial charge in [-0.05, 0) is 12.5 Å². The Hall–Kier alpha value is -2.34. The number of ether oxygens (including phenoxy) is 3. The smallest absolute Gasteiger partial charge is 0.234 e. The van der Waals surface area contributed by atoms with Crippen molar-refractivity contribution in [1.82, 2.24) is 0 Å². The molecule has 0 aliphatic rings. The Kier molecular flexibility index (Phi) is 7.01. The van der Waals surface area contributed by atoms with Crippen molar-refractivity contribution in [3.05, 3.63) is 47.5 Å². The van der Waals surface area contributed by atoms with Gasteiger partial charge in [0.1, 0.15) is 0 Å². The van der Waals surface area contributed by atoms with Gasteiger partial charge in [0.2, 0.25) is 11.7 Å². The van der Waals surface area contributed by atoms with Crippen LogP contribution in [0.5, 0.6) is 17.2 Å². The van der Waals surface area contributed by atoms with Crippen LogP contribution in [0.1, 0.15) is 11.1 Å². The highest BCUT2D eigenvalue weighted by atomic mass is 32.2. The molecule has 0 aliphatic carbocycles. The van der Waals surface area contributed by atoms with E-state index in [1.807, 2.05) is 0 Å². The molecule has 2 aromatic carbocycles. The first-order valence-corrected chi connectivity index (χ1v) is 8.96. The van der Waals surface area contributed by atoms with Gasteiger partial charge in [-0.25, -0.2) is 0 Å². The summed E-state index contributed by atoms with van der Waals surface area (Å²) in [7, 11) is 4.63. The maximum absolute atomic E-state index is 12.2. The van der Waals surface area contributed by atoms with Crippen LogP contribution < -0.4 is 19.5 Å². The maximum atomic E-state index is 12.2. The van der Waals surface area contributed by atoms with Crippen LogP contribution in [0.4, 0.5) is 5.69 Å². The zero-order valence-electron chi connectivity index (χ0n) is 14.9. The first-order chi connectivity index (χ1) is 12.1. The predicted molar refractivity (Wildman–Crippen MR) is 102 cm³/mol. The van der Waals surface area contributed by atoms with Crippen LogP contribution in [0.25, 0.3) is 0 Å². The van der Waals surface area contributed by atoms with Gasteiger partial charge in [0.25, 0.3) is 0 Å². The summed E-state index contributed by atoms with van der Waals surface area (Å²) in [5, 5.41) is 2.86. The monoisotopic (exact) mass is 361 g/mol. The van der Waals surface area contributed by atoms with Gasteiger partial charge in [0.15, 0.2) is 11.5 Å². The number of benzene rings is 2. The Labute approximate surface area is 152 Å². The van der Waals surface area contributed by atoms with Crippen molar-refractivity contribution in [2.24, 2.45) is 0 Å². The van der Waals surface area contributed by atoms with Crippen molar-refractivity contribution in [2.75, 3.05) is 32.4 Å². The molecule has 0 spiro atoms. The minimum absolute atomic E-state index is 0.0774. The molecule has 0 bridgehead atoms. The van der Waals surface area contributed by atoms with Gasteiger partial charge in [-0.1, -0.05) is 29.8 Å². The maximum Gasteiger partial charge on any atom is 0.234 e. The number of carbonyl (C=O) groups is 1. The molecule has 0 atom stereocenters. The Morgan fingerprint density at radius 3 is 2.12 bits per heavy atom. The molecule has 0 fully saturated rings. The summed E-state index contributed by atoms with van der Waals surface area (Å²) in [5.41, 5.74) is 3.04. The van der Waals surface area contributed by atoms with Gasteiger partial charge in [-0.3, -0.25) is 4.79 Å². The minimum atomic E-state index is -0.0774. The standard InChI is InChI=1S/C19H23NO4S/c1-13-5-7-14(8-6-13)11-25-12-18(21)20-15-9-16(22-2)19(24-4)17(10-15)23-3/h5-10H,11-12H2,1-4H3,(H,20,21). The molecular weight excluding hydrogens is 338 g/mol. The van der Waals surface area contributed by atoms with Gasteiger partial charge >= 0.3 is 0 Å². The van der Waals surface area contributed by atoms with Crippen LogP contribution in [0.3, 0.4) is 0 Å². The summed E-state index contributed by atoms with van der Waals surface area (Å²) < 4.78 is 15.8. The van der Waals surface area contributed by atoms with Crippen LogP contribution in [0.15, 0.2) is 36.4 Å². The lowest BCUT2D eigenvalue weighted by atomic mass is 10.2. The average Bonchev–Trinajstić information content (AvgIpc) is 2.62. The zero-order valence-corrected chi connectivity index (χ0v) is 15.7. The summed E-state index contributed by atoms with van der Waals surface area (Å²) >= 11 is 1.57. The normalized spacial score (nSPS) is 10.2. The van der Waals surface area contributed by atoms with Crippen LogP contribution in [-0.4, -0.2) is 33.0 Å². The molecule has 1 amide bonds. The SMILES string of the molecule is COc1cc(NC(=O)CSCc2ccc(C)cc2)cc(OC)c1OC. The lowest BCUT2D eigenvalue weighted by molar-refractivity contribution is -0.113. The molecule has 6 heteroatoms. The fourth-order valence-electron chi connectivity index (χ4n) is 2.30. The Bertz CT molecular complexity index is 691. The number of hydrogen-bond donors (Lipinski definition) is 1. The van der Waals surface area contributed by atoms with Crippen LogP contribution in [0.2, 0.25) is 0 Å². The number of amides is 1. The molecule has 134 valence electrons. The number of rotatable bonds is 8. The number of aryl methyl sites for hydroxylation is 1. The molecule has 0 saturated heterocycles. The highest BCUT2D eigenvalue weighted by Crippen LogP contribution is 2.39. The van der Waals surface area contributed by atoms with Crippen LogP contribution in [-0.2, 0) is 10.5 Å². The molecule has 1 N–H and O–H groups in total. The third kappa shape index (κ3) is 5.32. The largest absolute Gasteiger partial charge is 0.493 e. The van der Waals surface area contributed by atoms with Crippen molar-refractivity contribution in [3.63, 3.8) is 0 Å². The van der Waals surface area contributed by atoms with Gasteiger partial charge in [-0.15, -0.1) is 11.8 Å². The summed E-state index contributed by atoms with van der Waals surface area (Å²) in [6.45, 7) is 2.06. The van der Waals surface area contributed by atoms with Crippen molar-refractivity contribution in [2.45, 2.75) is 12.7 Å². The average molecular weight is 361 g/mol. The van der Waals surface area contributed by atoms with Gasteiger partial charge < -0.3 is 19.5 Å². The third-order valence-electron chi connectivity index (χ3n) is 3.57. The van der Waals surface area contributed by atoms with E-state index < -0.39 is 0 Å². The second kappa shape index (κ2) is 9.22. The molecule has 2 rings (SSSR count). The van der Waals surface area contributed by atoms with Gasteiger partial charge in [0.05, 0.1) is 27.1 Å². The lowest BCUT2D eigenvalue weighted by Crippen LogP contribution is -2.14. The molecule has 25 heavy (non-hydrogen) atoms. The van der Waals surface area contributed by atoms with E-state index in [4.69, 9.17) is 14.2 Å². The minimum Gasteiger partial charge on any atom is -0.493 e. The Morgan fingerprint density at radius 2 is 1.60 bits per heavy atom. The molecule has 0 aliphatic heterocycles. The molecule has 0 saturated carbocycles. The summed E-state index contributed by atoms with van der Waals surface area (Å²) in [6.07, 6.45) is 0. The number of carbonyl (C=O) groups excluding carboxylic acids is 1. The topological polar surface area (TPSA) is 56.8 Å². The molecule has 5 nitrogen and oxygen atoms in total. The molecule has 0 unspecified atom stereocenters. The Morgan fingerprint density at radius 1 is 1.00 bits per heavy atom. The number of thioether (sulfide) groups is 1. The summed E-state index contributed by atoms with van der Waals surface area (Å²) in [6, 6.07) is 11.7. The van der Waals surface area contributed by atoms with Crippen molar-refractivity contribution in [3.8, 4) is 17.2 Å². The molecule has 0 aromatic heterocycles. The van der Waals surface area contributed by atoms with Crippen molar-refractivity contribution >= 4 is 23.4 Å². The first-order valence-electron chi connectivity index (χ1n) is 7.80. The molecular formula is C19H23NO4S. The summed E-state index contributed by atoms with van der Waals surface area (Å²) in [5.74, 6) is 2.59. The van der Waals surface area contributed by atoms with E-state index in [9.17, 15) is 4.79 Å². The first kappa shape index (κ1) is 19.0. The van der Waals surface area contributed by atoms with Crippen LogP contribution >= 0.6 is 11.8 Å². The van der Waals surface area contributed by atoms with E-state index in [-0.39, 0.29) is 5.91 Å². The van der Waals surface area contributed by atoms with E-state index in [1.165, 1.54) is 11.1 Å². The lowest BCUT2D eigenvalue weighted by Gasteiger charge is -2.14. The summed E-state index contributed by atoms with van der Waals surface area (Å²) in [4.78, 5) is 12.2. The molecule has 0 heterocycles. The van der Waals surface area contributed by atoms with E-state index in [0.717, 1.165) is 5.75 Å². The van der Waals surface area contributed by atoms with Gasteiger partial charge in [-0.2, -0.15) is 0 Å². The van der Waals surface area contributed by atoms with E-state index in [2.05, 4.69) is 36.5 Å². The van der Waals surface area contributed by atoms with E-state index in [0.29, 0.717) is 28.7 Å². The molecule has 2 aromatic rings. The second-order valence-electron chi connectivity index (χ2n) is 5.44. The number of anilines is 1. The fourth-order valence-corrected chi connectivity index (χ4v) is 3.08. The number of nitrogens with one attached hydrogen (secondary N) is 1. The second-order valence-corrected chi connectivity index (χ2v) is 6.43. The van der Waals surface area contributed by atoms with Crippen LogP contribution in [0, 0.1) is 6.92 Å². The van der Waals surface area contributed by atoms with Crippen molar-refractivity contribution in [1.29, 1.82) is 0 Å². The highest BCUT2D eigenvalue weighted by Gasteiger charge is 2.14. The number of hydrogen-bond acceptors (Lipinski definition) is 5. The fraction of sp³-hybridized carbons (Fsp3) is 0.316. The number of methoxy groups -OCH3 is 3. The predicted octanol–water partition coefficient (Wildman–Crippen LogP) is 3.89. The quantitative estimate of drug-likeness (QED) is 0.773. The van der Waals surface area contributed by atoms with E-state index >= 15 is 0 Å². The highest BCUT2D eigenvalue weighted by molar-refractivity contribution is 7.99. The molecule has 0 radical (unpaired) electrons. The zero-order chi connectivity index (χ0) is 18.2. The third-order valence-corrected chi connectivity index (χ3v) is 4.57. The van der Waals surface area contributed by atoms with Gasteiger partial charge in [0, 0.05) is 23.6 Å². The van der Waals surface area contributed by atoms with E-state index in [1.54, 1.807) is 45.2 Å². The van der Waals surface area contributed by atoms with Crippen molar-refractivity contribution < 1.29 is 19.0 Å². The Balaban J connectivity index is 1.94.